The van der Waals surface area contributed by atoms with Crippen molar-refractivity contribution in [1.82, 2.24) is 15.3 Å². The van der Waals surface area contributed by atoms with Gasteiger partial charge < -0.3 is 10.1 Å². The van der Waals surface area contributed by atoms with E-state index in [1.165, 1.54) is 5.56 Å². The molecule has 106 valence electrons. The first kappa shape index (κ1) is 14.5. The van der Waals surface area contributed by atoms with Gasteiger partial charge in [0.05, 0.1) is 0 Å². The molecule has 1 aromatic carbocycles. The van der Waals surface area contributed by atoms with Gasteiger partial charge in [-0.2, -0.15) is 0 Å². The third-order valence-electron chi connectivity index (χ3n) is 3.13. The summed E-state index contributed by atoms with van der Waals surface area (Å²) in [6, 6.07) is 9.73. The first-order chi connectivity index (χ1) is 9.70. The molecule has 1 aromatic heterocycles. The van der Waals surface area contributed by atoms with E-state index in [2.05, 4.69) is 22.2 Å². The molecule has 0 unspecified atom stereocenters. The van der Waals surface area contributed by atoms with Crippen molar-refractivity contribution in [1.29, 1.82) is 0 Å². The van der Waals surface area contributed by atoms with E-state index in [9.17, 15) is 0 Å². The van der Waals surface area contributed by atoms with Gasteiger partial charge in [0.2, 0.25) is 0 Å². The maximum Gasteiger partial charge on any atom is 0.166 e. The number of ether oxygens (including phenoxy) is 1. The molecule has 0 aliphatic rings. The molecule has 0 amide bonds. The summed E-state index contributed by atoms with van der Waals surface area (Å²) in [5, 5.41) is 3.31. The summed E-state index contributed by atoms with van der Waals surface area (Å²) in [6.07, 6.45) is 0. The third-order valence-corrected chi connectivity index (χ3v) is 3.13. The summed E-state index contributed by atoms with van der Waals surface area (Å²) in [4.78, 5) is 9.05. The predicted octanol–water partition coefficient (Wildman–Crippen LogP) is 2.78. The Bertz CT molecular complexity index is 532. The van der Waals surface area contributed by atoms with Crippen molar-refractivity contribution < 1.29 is 4.74 Å². The number of aryl methyl sites for hydroxylation is 2. The summed E-state index contributed by atoms with van der Waals surface area (Å²) in [5.74, 6) is 1.56. The standard InChI is InChI=1S/C16H21N3O/c1-4-17-10-15-12(2)18-16(19-13(15)3)11-20-14-8-6-5-7-9-14/h5-9,17H,4,10-11H2,1-3H3. The highest BCUT2D eigenvalue weighted by Crippen LogP contribution is 2.13. The van der Waals surface area contributed by atoms with Crippen molar-refractivity contribution >= 4 is 0 Å². The largest absolute Gasteiger partial charge is 0.486 e. The molecule has 20 heavy (non-hydrogen) atoms. The number of rotatable bonds is 6. The molecule has 1 heterocycles. The fraction of sp³-hybridized carbons (Fsp3) is 0.375. The van der Waals surface area contributed by atoms with Crippen molar-refractivity contribution in [2.24, 2.45) is 0 Å². The van der Waals surface area contributed by atoms with Crippen LogP contribution in [0.4, 0.5) is 0 Å². The smallest absolute Gasteiger partial charge is 0.166 e. The number of hydrogen-bond donors (Lipinski definition) is 1. The highest BCUT2D eigenvalue weighted by atomic mass is 16.5. The van der Waals surface area contributed by atoms with Gasteiger partial charge in [-0.15, -0.1) is 0 Å². The zero-order chi connectivity index (χ0) is 14.4. The second-order valence-corrected chi connectivity index (χ2v) is 4.67. The van der Waals surface area contributed by atoms with Crippen LogP contribution < -0.4 is 10.1 Å². The third kappa shape index (κ3) is 3.78. The van der Waals surface area contributed by atoms with Crippen LogP contribution in [0.1, 0.15) is 29.7 Å². The Morgan fingerprint density at radius 1 is 1.05 bits per heavy atom. The van der Waals surface area contributed by atoms with E-state index in [0.717, 1.165) is 36.1 Å². The Morgan fingerprint density at radius 3 is 2.30 bits per heavy atom. The average molecular weight is 271 g/mol. The summed E-state index contributed by atoms with van der Waals surface area (Å²) in [6.45, 7) is 8.28. The minimum absolute atomic E-state index is 0.396. The van der Waals surface area contributed by atoms with Crippen LogP contribution in [-0.4, -0.2) is 16.5 Å². The van der Waals surface area contributed by atoms with E-state index in [4.69, 9.17) is 4.74 Å². The molecule has 0 atom stereocenters. The van der Waals surface area contributed by atoms with Crippen LogP contribution in [0.2, 0.25) is 0 Å². The molecule has 1 N–H and O–H groups in total. The molecule has 2 aromatic rings. The first-order valence-corrected chi connectivity index (χ1v) is 6.92. The molecule has 2 rings (SSSR count). The molecule has 0 fully saturated rings. The highest BCUT2D eigenvalue weighted by Gasteiger charge is 2.08. The molecular weight excluding hydrogens is 250 g/mol. The van der Waals surface area contributed by atoms with Gasteiger partial charge in [0.15, 0.2) is 5.82 Å². The van der Waals surface area contributed by atoms with Crippen LogP contribution in [0.5, 0.6) is 5.75 Å². The van der Waals surface area contributed by atoms with Crippen LogP contribution in [0.3, 0.4) is 0 Å². The van der Waals surface area contributed by atoms with Gasteiger partial charge >= 0.3 is 0 Å². The average Bonchev–Trinajstić information content (AvgIpc) is 2.45. The van der Waals surface area contributed by atoms with E-state index in [1.807, 2.05) is 44.2 Å². The molecule has 0 spiro atoms. The Labute approximate surface area is 120 Å². The maximum absolute atomic E-state index is 5.68. The van der Waals surface area contributed by atoms with Gasteiger partial charge in [-0.05, 0) is 32.5 Å². The second kappa shape index (κ2) is 7.01. The lowest BCUT2D eigenvalue weighted by Crippen LogP contribution is -2.16. The van der Waals surface area contributed by atoms with E-state index in [1.54, 1.807) is 0 Å². The van der Waals surface area contributed by atoms with Crippen molar-refractivity contribution in [2.45, 2.75) is 33.9 Å². The summed E-state index contributed by atoms with van der Waals surface area (Å²) in [7, 11) is 0. The lowest BCUT2D eigenvalue weighted by atomic mass is 10.1. The number of para-hydroxylation sites is 1. The number of benzene rings is 1. The number of hydrogen-bond acceptors (Lipinski definition) is 4. The van der Waals surface area contributed by atoms with Gasteiger partial charge in [0.1, 0.15) is 12.4 Å². The molecule has 4 nitrogen and oxygen atoms in total. The summed E-state index contributed by atoms with van der Waals surface area (Å²) < 4.78 is 5.68. The maximum atomic E-state index is 5.68. The van der Waals surface area contributed by atoms with Crippen molar-refractivity contribution in [3.63, 3.8) is 0 Å². The Kier molecular flexibility index (Phi) is 5.07. The molecular formula is C16H21N3O. The van der Waals surface area contributed by atoms with E-state index in [-0.39, 0.29) is 0 Å². The van der Waals surface area contributed by atoms with Gasteiger partial charge in [-0.3, -0.25) is 0 Å². The molecule has 0 saturated carbocycles. The van der Waals surface area contributed by atoms with Crippen LogP contribution in [0.15, 0.2) is 30.3 Å². The highest BCUT2D eigenvalue weighted by molar-refractivity contribution is 5.25. The summed E-state index contributed by atoms with van der Waals surface area (Å²) >= 11 is 0. The number of nitrogens with zero attached hydrogens (tertiary/aromatic N) is 2. The van der Waals surface area contributed by atoms with Crippen LogP contribution in [-0.2, 0) is 13.2 Å². The Balaban J connectivity index is 2.06. The number of nitrogens with one attached hydrogen (secondary N) is 1. The van der Waals surface area contributed by atoms with E-state index >= 15 is 0 Å². The van der Waals surface area contributed by atoms with Crippen LogP contribution in [0.25, 0.3) is 0 Å². The molecule has 4 heteroatoms. The van der Waals surface area contributed by atoms with E-state index in [0.29, 0.717) is 6.61 Å². The fourth-order valence-electron chi connectivity index (χ4n) is 2.04. The van der Waals surface area contributed by atoms with Crippen molar-refractivity contribution in [3.05, 3.63) is 53.1 Å². The molecule has 0 bridgehead atoms. The van der Waals surface area contributed by atoms with Crippen LogP contribution >= 0.6 is 0 Å². The Morgan fingerprint density at radius 2 is 1.70 bits per heavy atom. The second-order valence-electron chi connectivity index (χ2n) is 4.67. The van der Waals surface area contributed by atoms with Gasteiger partial charge in [-0.25, -0.2) is 9.97 Å². The Hall–Kier alpha value is -1.94. The first-order valence-electron chi connectivity index (χ1n) is 6.92. The van der Waals surface area contributed by atoms with Gasteiger partial charge in [0, 0.05) is 23.5 Å². The van der Waals surface area contributed by atoms with Crippen LogP contribution in [0, 0.1) is 13.8 Å². The van der Waals surface area contributed by atoms with Gasteiger partial charge in [-0.1, -0.05) is 25.1 Å². The number of aromatic nitrogens is 2. The molecule has 0 radical (unpaired) electrons. The van der Waals surface area contributed by atoms with Crippen molar-refractivity contribution in [2.75, 3.05) is 6.54 Å². The summed E-state index contributed by atoms with van der Waals surface area (Å²) in [5.41, 5.74) is 3.21. The zero-order valence-electron chi connectivity index (χ0n) is 12.3. The molecule has 0 aliphatic carbocycles. The van der Waals surface area contributed by atoms with E-state index < -0.39 is 0 Å². The quantitative estimate of drug-likeness (QED) is 0.877. The minimum atomic E-state index is 0.396. The topological polar surface area (TPSA) is 47.0 Å². The monoisotopic (exact) mass is 271 g/mol. The minimum Gasteiger partial charge on any atom is -0.486 e. The van der Waals surface area contributed by atoms with Gasteiger partial charge in [0.25, 0.3) is 0 Å². The lowest BCUT2D eigenvalue weighted by Gasteiger charge is -2.11. The fourth-order valence-corrected chi connectivity index (χ4v) is 2.04. The molecule has 0 aliphatic heterocycles. The lowest BCUT2D eigenvalue weighted by molar-refractivity contribution is 0.295. The zero-order valence-corrected chi connectivity index (χ0v) is 12.3. The van der Waals surface area contributed by atoms with Crippen molar-refractivity contribution in [3.8, 4) is 5.75 Å². The molecule has 0 saturated heterocycles. The predicted molar refractivity (Wildman–Crippen MR) is 79.7 cm³/mol. The normalized spacial score (nSPS) is 10.6. The SMILES string of the molecule is CCNCc1c(C)nc(COc2ccccc2)nc1C.